The molecule has 3 aromatic rings. The molecule has 1 aromatic heterocycles. The Kier molecular flexibility index (Phi) is 4.72. The fourth-order valence-electron chi connectivity index (χ4n) is 2.22. The molecule has 7 nitrogen and oxygen atoms in total. The highest BCUT2D eigenvalue weighted by Crippen LogP contribution is 2.22. The highest BCUT2D eigenvalue weighted by Gasteiger charge is 2.12. The van der Waals surface area contributed by atoms with Gasteiger partial charge in [0.1, 0.15) is 24.3 Å². The zero-order valence-electron chi connectivity index (χ0n) is 13.5. The number of nitrogens with zero attached hydrogens (tertiary/aromatic N) is 4. The maximum absolute atomic E-state index is 9.64. The van der Waals surface area contributed by atoms with Crippen molar-refractivity contribution >= 4 is 0 Å². The Morgan fingerprint density at radius 1 is 1.04 bits per heavy atom. The minimum absolute atomic E-state index is 0.467. The molecule has 0 aliphatic heterocycles. The summed E-state index contributed by atoms with van der Waals surface area (Å²) in [6, 6.07) is 15.1. The van der Waals surface area contributed by atoms with Crippen molar-refractivity contribution in [1.82, 2.24) is 20.2 Å². The monoisotopic (exact) mass is 326 g/mol. The molecule has 1 atom stereocenters. The quantitative estimate of drug-likeness (QED) is 0.749. The van der Waals surface area contributed by atoms with Gasteiger partial charge in [0.25, 0.3) is 0 Å². The molecule has 3 rings (SSSR count). The first kappa shape index (κ1) is 15.9. The smallest absolute Gasteiger partial charge is 0.184 e. The molecule has 1 heterocycles. The van der Waals surface area contributed by atoms with Crippen molar-refractivity contribution < 1.29 is 14.6 Å². The molecule has 7 heteroatoms. The number of methoxy groups -OCH3 is 1. The van der Waals surface area contributed by atoms with E-state index in [2.05, 4.69) is 15.5 Å². The first-order valence-electron chi connectivity index (χ1n) is 7.49. The van der Waals surface area contributed by atoms with Crippen LogP contribution in [0.25, 0.3) is 11.4 Å². The van der Waals surface area contributed by atoms with Gasteiger partial charge in [-0.15, -0.1) is 5.10 Å². The van der Waals surface area contributed by atoms with Gasteiger partial charge in [-0.25, -0.2) is 0 Å². The molecule has 1 N–H and O–H groups in total. The van der Waals surface area contributed by atoms with Crippen molar-refractivity contribution in [2.75, 3.05) is 7.11 Å². The van der Waals surface area contributed by atoms with Crippen LogP contribution in [0.4, 0.5) is 0 Å². The van der Waals surface area contributed by atoms with Gasteiger partial charge >= 0.3 is 0 Å². The number of benzene rings is 2. The lowest BCUT2D eigenvalue weighted by Gasteiger charge is -2.09. The summed E-state index contributed by atoms with van der Waals surface area (Å²) in [7, 11) is 1.64. The average molecular weight is 326 g/mol. The van der Waals surface area contributed by atoms with Crippen molar-refractivity contribution in [1.29, 1.82) is 0 Å². The zero-order chi connectivity index (χ0) is 16.9. The predicted octanol–water partition coefficient (Wildman–Crippen LogP) is 2.44. The van der Waals surface area contributed by atoms with Crippen LogP contribution in [0.5, 0.6) is 11.5 Å². The topological polar surface area (TPSA) is 82.3 Å². The number of aromatic nitrogens is 4. The van der Waals surface area contributed by atoms with Crippen LogP contribution >= 0.6 is 0 Å². The van der Waals surface area contributed by atoms with E-state index < -0.39 is 6.23 Å². The van der Waals surface area contributed by atoms with Gasteiger partial charge in [-0.1, -0.05) is 12.1 Å². The first-order chi connectivity index (χ1) is 11.7. The van der Waals surface area contributed by atoms with E-state index >= 15 is 0 Å². The lowest BCUT2D eigenvalue weighted by atomic mass is 10.2. The third-order valence-corrected chi connectivity index (χ3v) is 3.52. The van der Waals surface area contributed by atoms with Crippen LogP contribution in [-0.4, -0.2) is 32.4 Å². The molecule has 0 aliphatic rings. The third kappa shape index (κ3) is 3.52. The third-order valence-electron chi connectivity index (χ3n) is 3.52. The Balaban J connectivity index is 1.67. The van der Waals surface area contributed by atoms with E-state index in [9.17, 15) is 5.11 Å². The van der Waals surface area contributed by atoms with Crippen LogP contribution < -0.4 is 9.47 Å². The largest absolute Gasteiger partial charge is 0.497 e. The van der Waals surface area contributed by atoms with Gasteiger partial charge in [-0.2, -0.15) is 4.68 Å². The molecule has 0 bridgehead atoms. The maximum atomic E-state index is 9.64. The van der Waals surface area contributed by atoms with Crippen LogP contribution in [-0.2, 0) is 6.61 Å². The van der Waals surface area contributed by atoms with E-state index in [1.165, 1.54) is 4.68 Å². The Morgan fingerprint density at radius 2 is 1.71 bits per heavy atom. The van der Waals surface area contributed by atoms with Gasteiger partial charge in [0.05, 0.1) is 7.11 Å². The fraction of sp³-hybridized carbons (Fsp3) is 0.235. The van der Waals surface area contributed by atoms with Crippen LogP contribution in [0.1, 0.15) is 18.7 Å². The van der Waals surface area contributed by atoms with Crippen LogP contribution in [0.2, 0.25) is 0 Å². The van der Waals surface area contributed by atoms with Crippen molar-refractivity contribution in [2.24, 2.45) is 0 Å². The Bertz CT molecular complexity index is 782. The van der Waals surface area contributed by atoms with Gasteiger partial charge in [0, 0.05) is 5.56 Å². The normalized spacial score (nSPS) is 12.0. The first-order valence-corrected chi connectivity index (χ1v) is 7.49. The highest BCUT2D eigenvalue weighted by atomic mass is 16.5. The van der Waals surface area contributed by atoms with E-state index in [1.807, 2.05) is 48.5 Å². The molecular formula is C17H18N4O3. The number of ether oxygens (including phenoxy) is 2. The standard InChI is InChI=1S/C17H18N4O3/c1-12(22)21-17(18-19-20-21)14-5-9-16(10-6-14)24-11-13-3-7-15(23-2)8-4-13/h3-10,12,22H,11H2,1-2H3. The fourth-order valence-corrected chi connectivity index (χ4v) is 2.22. The number of aliphatic hydroxyl groups excluding tert-OH is 1. The molecule has 24 heavy (non-hydrogen) atoms. The van der Waals surface area contributed by atoms with Gasteiger partial charge in [-0.3, -0.25) is 0 Å². The van der Waals surface area contributed by atoms with Crippen LogP contribution in [0.15, 0.2) is 48.5 Å². The molecule has 0 radical (unpaired) electrons. The summed E-state index contributed by atoms with van der Waals surface area (Å²) in [6.07, 6.45) is -0.791. The summed E-state index contributed by atoms with van der Waals surface area (Å²) in [5, 5.41) is 20.9. The van der Waals surface area contributed by atoms with E-state index in [-0.39, 0.29) is 0 Å². The lowest BCUT2D eigenvalue weighted by Crippen LogP contribution is -2.07. The summed E-state index contributed by atoms with van der Waals surface area (Å²) in [6.45, 7) is 2.07. The van der Waals surface area contributed by atoms with Gasteiger partial charge in [-0.05, 0) is 59.3 Å². The predicted molar refractivity (Wildman–Crippen MR) is 87.5 cm³/mol. The number of rotatable bonds is 6. The number of hydrogen-bond donors (Lipinski definition) is 1. The molecule has 0 saturated heterocycles. The summed E-state index contributed by atoms with van der Waals surface area (Å²) in [4.78, 5) is 0. The molecule has 0 spiro atoms. The van der Waals surface area contributed by atoms with Gasteiger partial charge < -0.3 is 14.6 Å². The van der Waals surface area contributed by atoms with Crippen LogP contribution in [0, 0.1) is 0 Å². The van der Waals surface area contributed by atoms with E-state index in [4.69, 9.17) is 9.47 Å². The maximum Gasteiger partial charge on any atom is 0.184 e. The van der Waals surface area contributed by atoms with E-state index in [0.717, 1.165) is 22.6 Å². The summed E-state index contributed by atoms with van der Waals surface area (Å²) < 4.78 is 12.3. The average Bonchev–Trinajstić information content (AvgIpc) is 3.11. The summed E-state index contributed by atoms with van der Waals surface area (Å²) >= 11 is 0. The summed E-state index contributed by atoms with van der Waals surface area (Å²) in [5.74, 6) is 2.07. The number of aliphatic hydroxyl groups is 1. The highest BCUT2D eigenvalue weighted by molar-refractivity contribution is 5.55. The van der Waals surface area contributed by atoms with E-state index in [1.54, 1.807) is 14.0 Å². The molecule has 0 aliphatic carbocycles. The second-order valence-electron chi connectivity index (χ2n) is 5.24. The molecule has 0 fully saturated rings. The summed E-state index contributed by atoms with van der Waals surface area (Å²) in [5.41, 5.74) is 1.86. The van der Waals surface area contributed by atoms with Gasteiger partial charge in [0.2, 0.25) is 0 Å². The van der Waals surface area contributed by atoms with Crippen LogP contribution in [0.3, 0.4) is 0 Å². The number of hydrogen-bond acceptors (Lipinski definition) is 6. The zero-order valence-corrected chi connectivity index (χ0v) is 13.5. The second kappa shape index (κ2) is 7.10. The lowest BCUT2D eigenvalue weighted by molar-refractivity contribution is 0.110. The van der Waals surface area contributed by atoms with Crippen molar-refractivity contribution in [3.63, 3.8) is 0 Å². The second-order valence-corrected chi connectivity index (χ2v) is 5.24. The van der Waals surface area contributed by atoms with Crippen molar-refractivity contribution in [3.05, 3.63) is 54.1 Å². The molecular weight excluding hydrogens is 308 g/mol. The molecule has 0 saturated carbocycles. The van der Waals surface area contributed by atoms with E-state index in [0.29, 0.717) is 12.4 Å². The Hall–Kier alpha value is -2.93. The number of tetrazole rings is 1. The molecule has 124 valence electrons. The Labute approximate surface area is 139 Å². The minimum atomic E-state index is -0.791. The minimum Gasteiger partial charge on any atom is -0.497 e. The SMILES string of the molecule is COc1ccc(COc2ccc(-c3nnnn3C(C)O)cc2)cc1. The van der Waals surface area contributed by atoms with Crippen molar-refractivity contribution in [2.45, 2.75) is 19.8 Å². The van der Waals surface area contributed by atoms with Crippen molar-refractivity contribution in [3.8, 4) is 22.9 Å². The Morgan fingerprint density at radius 3 is 2.33 bits per heavy atom. The van der Waals surface area contributed by atoms with Gasteiger partial charge in [0.15, 0.2) is 5.82 Å². The molecule has 2 aromatic carbocycles. The molecule has 0 amide bonds. The molecule has 1 unspecified atom stereocenters.